The van der Waals surface area contributed by atoms with Gasteiger partial charge < -0.3 is 15.8 Å². The van der Waals surface area contributed by atoms with Gasteiger partial charge in [0.2, 0.25) is 0 Å². The topological polar surface area (TPSA) is 59.6 Å². The molecule has 118 valence electrons. The summed E-state index contributed by atoms with van der Waals surface area (Å²) >= 11 is 5.97. The van der Waals surface area contributed by atoms with E-state index >= 15 is 0 Å². The van der Waals surface area contributed by atoms with Crippen LogP contribution in [-0.2, 0) is 6.54 Å². The van der Waals surface area contributed by atoms with E-state index in [1.165, 1.54) is 0 Å². The third-order valence-corrected chi connectivity index (χ3v) is 3.03. The second-order valence-corrected chi connectivity index (χ2v) is 4.81. The first-order chi connectivity index (χ1) is 10.2. The number of nitrogens with zero attached hydrogens (tertiary/aromatic N) is 1. The van der Waals surface area contributed by atoms with Crippen molar-refractivity contribution in [3.8, 4) is 5.75 Å². The maximum atomic E-state index is 5.97. The fraction of sp³-hybridized carbons (Fsp3) is 0.188. The maximum absolute atomic E-state index is 5.97. The highest BCUT2D eigenvalue weighted by atomic mass is 127. The van der Waals surface area contributed by atoms with Gasteiger partial charge in [0.25, 0.3) is 0 Å². The lowest BCUT2D eigenvalue weighted by molar-refractivity contribution is 0.336. The van der Waals surface area contributed by atoms with Crippen molar-refractivity contribution in [3.63, 3.8) is 0 Å². The molecule has 2 aromatic carbocycles. The van der Waals surface area contributed by atoms with E-state index in [1.807, 2.05) is 49.4 Å². The molecule has 3 N–H and O–H groups in total. The first-order valence-corrected chi connectivity index (χ1v) is 7.10. The average molecular weight is 432 g/mol. The minimum absolute atomic E-state index is 0. The summed E-state index contributed by atoms with van der Waals surface area (Å²) < 4.78 is 5.55. The summed E-state index contributed by atoms with van der Waals surface area (Å²) in [4.78, 5) is 4.32. The first-order valence-electron chi connectivity index (χ1n) is 6.72. The summed E-state index contributed by atoms with van der Waals surface area (Å²) in [5, 5.41) is 3.68. The van der Waals surface area contributed by atoms with Gasteiger partial charge in [0, 0.05) is 16.3 Å². The van der Waals surface area contributed by atoms with Gasteiger partial charge >= 0.3 is 0 Å². The molecule has 0 bridgehead atoms. The normalized spacial score (nSPS) is 10.7. The molecule has 0 saturated heterocycles. The van der Waals surface area contributed by atoms with E-state index in [-0.39, 0.29) is 24.0 Å². The van der Waals surface area contributed by atoms with Gasteiger partial charge in [-0.3, -0.25) is 0 Å². The van der Waals surface area contributed by atoms with Crippen LogP contribution in [0.1, 0.15) is 12.5 Å². The highest BCUT2D eigenvalue weighted by Gasteiger charge is 2.04. The van der Waals surface area contributed by atoms with Crippen LogP contribution < -0.4 is 15.8 Å². The zero-order valence-corrected chi connectivity index (χ0v) is 15.3. The number of para-hydroxylation sites is 1. The van der Waals surface area contributed by atoms with Crippen LogP contribution in [0.25, 0.3) is 0 Å². The van der Waals surface area contributed by atoms with Crippen molar-refractivity contribution in [2.45, 2.75) is 13.5 Å². The van der Waals surface area contributed by atoms with Crippen LogP contribution in [0.15, 0.2) is 53.5 Å². The summed E-state index contributed by atoms with van der Waals surface area (Å²) in [5.41, 5.74) is 7.73. The highest BCUT2D eigenvalue weighted by Crippen LogP contribution is 2.24. The highest BCUT2D eigenvalue weighted by molar-refractivity contribution is 14.0. The van der Waals surface area contributed by atoms with Gasteiger partial charge in [-0.2, -0.15) is 0 Å². The van der Waals surface area contributed by atoms with Gasteiger partial charge in [0.15, 0.2) is 5.96 Å². The molecule has 0 aromatic heterocycles. The molecule has 0 amide bonds. The van der Waals surface area contributed by atoms with Crippen LogP contribution in [0.3, 0.4) is 0 Å². The summed E-state index contributed by atoms with van der Waals surface area (Å²) in [6.07, 6.45) is 0. The van der Waals surface area contributed by atoms with Crippen LogP contribution in [0, 0.1) is 0 Å². The van der Waals surface area contributed by atoms with E-state index < -0.39 is 0 Å². The Hall–Kier alpha value is -1.47. The number of hydrogen-bond acceptors (Lipinski definition) is 2. The van der Waals surface area contributed by atoms with Crippen molar-refractivity contribution in [1.29, 1.82) is 0 Å². The molecule has 0 aliphatic heterocycles. The van der Waals surface area contributed by atoms with Crippen LogP contribution in [0.4, 0.5) is 5.69 Å². The molecule has 0 radical (unpaired) electrons. The van der Waals surface area contributed by atoms with E-state index in [0.717, 1.165) is 17.0 Å². The maximum Gasteiger partial charge on any atom is 0.193 e. The largest absolute Gasteiger partial charge is 0.493 e. The SMILES string of the molecule is CCOc1cc(Cl)ccc1CN=C(N)Nc1ccccc1.I. The van der Waals surface area contributed by atoms with Crippen LogP contribution in [-0.4, -0.2) is 12.6 Å². The van der Waals surface area contributed by atoms with E-state index in [2.05, 4.69) is 10.3 Å². The molecule has 0 spiro atoms. The molecule has 22 heavy (non-hydrogen) atoms. The lowest BCUT2D eigenvalue weighted by atomic mass is 10.2. The molecule has 0 aliphatic carbocycles. The monoisotopic (exact) mass is 431 g/mol. The summed E-state index contributed by atoms with van der Waals surface area (Å²) in [6.45, 7) is 2.94. The number of aliphatic imine (C=N–C) groups is 1. The Bertz CT molecular complexity index is 620. The quantitative estimate of drug-likeness (QED) is 0.422. The Morgan fingerprint density at radius 1 is 1.23 bits per heavy atom. The molecular weight excluding hydrogens is 413 g/mol. The minimum atomic E-state index is 0. The Balaban J connectivity index is 0.00000242. The molecule has 6 heteroatoms. The number of guanidine groups is 1. The van der Waals surface area contributed by atoms with Gasteiger partial charge in [-0.15, -0.1) is 24.0 Å². The van der Waals surface area contributed by atoms with Gasteiger partial charge in [-0.25, -0.2) is 4.99 Å². The number of ether oxygens (including phenoxy) is 1. The van der Waals surface area contributed by atoms with Gasteiger partial charge in [-0.1, -0.05) is 35.9 Å². The molecule has 2 rings (SSSR count). The van der Waals surface area contributed by atoms with E-state index in [0.29, 0.717) is 24.1 Å². The van der Waals surface area contributed by atoms with Crippen molar-refractivity contribution < 1.29 is 4.74 Å². The summed E-state index contributed by atoms with van der Waals surface area (Å²) in [5.74, 6) is 1.10. The van der Waals surface area contributed by atoms with Crippen LogP contribution in [0.2, 0.25) is 5.02 Å². The zero-order chi connectivity index (χ0) is 15.1. The summed E-state index contributed by atoms with van der Waals surface area (Å²) in [7, 11) is 0. The molecule has 0 atom stereocenters. The number of nitrogens with two attached hydrogens (primary N) is 1. The molecule has 0 fully saturated rings. The third kappa shape index (κ3) is 5.73. The number of hydrogen-bond donors (Lipinski definition) is 2. The van der Waals surface area contributed by atoms with Crippen molar-refractivity contribution in [2.24, 2.45) is 10.7 Å². The van der Waals surface area contributed by atoms with Crippen molar-refractivity contribution in [1.82, 2.24) is 0 Å². The molecule has 2 aromatic rings. The number of anilines is 1. The number of benzene rings is 2. The zero-order valence-electron chi connectivity index (χ0n) is 12.3. The fourth-order valence-electron chi connectivity index (χ4n) is 1.83. The third-order valence-electron chi connectivity index (χ3n) is 2.79. The molecule has 0 heterocycles. The van der Waals surface area contributed by atoms with E-state index in [9.17, 15) is 0 Å². The predicted molar refractivity (Wildman–Crippen MR) is 103 cm³/mol. The smallest absolute Gasteiger partial charge is 0.193 e. The molecule has 4 nitrogen and oxygen atoms in total. The standard InChI is InChI=1S/C16H18ClN3O.HI/c1-2-21-15-10-13(17)9-8-12(15)11-19-16(18)20-14-6-4-3-5-7-14;/h3-10H,2,11H2,1H3,(H3,18,19,20);1H. The van der Waals surface area contributed by atoms with E-state index in [1.54, 1.807) is 6.07 Å². The van der Waals surface area contributed by atoms with Crippen molar-refractivity contribution in [2.75, 3.05) is 11.9 Å². The molecule has 0 aliphatic rings. The first kappa shape index (κ1) is 18.6. The van der Waals surface area contributed by atoms with Crippen molar-refractivity contribution >= 4 is 47.2 Å². The predicted octanol–water partition coefficient (Wildman–Crippen LogP) is 4.28. The number of nitrogens with one attached hydrogen (secondary N) is 1. The van der Waals surface area contributed by atoms with Gasteiger partial charge in [0.05, 0.1) is 13.2 Å². The minimum Gasteiger partial charge on any atom is -0.493 e. The Labute approximate surface area is 152 Å². The Morgan fingerprint density at radius 2 is 1.95 bits per heavy atom. The Morgan fingerprint density at radius 3 is 2.64 bits per heavy atom. The van der Waals surface area contributed by atoms with Crippen LogP contribution in [0.5, 0.6) is 5.75 Å². The lowest BCUT2D eigenvalue weighted by Gasteiger charge is -2.10. The van der Waals surface area contributed by atoms with Crippen molar-refractivity contribution in [3.05, 3.63) is 59.1 Å². The Kier molecular flexibility index (Phi) is 8.05. The van der Waals surface area contributed by atoms with Crippen LogP contribution >= 0.6 is 35.6 Å². The molecule has 0 unspecified atom stereocenters. The number of rotatable bonds is 5. The van der Waals surface area contributed by atoms with Gasteiger partial charge in [0.1, 0.15) is 5.75 Å². The fourth-order valence-corrected chi connectivity index (χ4v) is 1.99. The van der Waals surface area contributed by atoms with E-state index in [4.69, 9.17) is 22.1 Å². The molecular formula is C16H19ClIN3O. The van der Waals surface area contributed by atoms with Gasteiger partial charge in [-0.05, 0) is 31.2 Å². The second kappa shape index (κ2) is 9.53. The number of halogens is 2. The molecule has 0 saturated carbocycles. The summed E-state index contributed by atoms with van der Waals surface area (Å²) in [6, 6.07) is 15.2. The average Bonchev–Trinajstić information content (AvgIpc) is 2.48. The second-order valence-electron chi connectivity index (χ2n) is 4.38. The lowest BCUT2D eigenvalue weighted by Crippen LogP contribution is -2.22.